The molecule has 1 atom stereocenters. The molecule has 1 saturated heterocycles. The predicted octanol–water partition coefficient (Wildman–Crippen LogP) is 3.05. The van der Waals surface area contributed by atoms with Gasteiger partial charge in [0.25, 0.3) is 0 Å². The number of amides is 1. The summed E-state index contributed by atoms with van der Waals surface area (Å²) in [7, 11) is 0. The Balaban J connectivity index is 1.43. The lowest BCUT2D eigenvalue weighted by Crippen LogP contribution is -2.41. The Morgan fingerprint density at radius 3 is 3.00 bits per heavy atom. The van der Waals surface area contributed by atoms with E-state index in [0.29, 0.717) is 23.1 Å². The molecule has 8 heteroatoms. The molecule has 1 aliphatic rings. The number of carbonyl (C=O) groups is 1. The predicted molar refractivity (Wildman–Crippen MR) is 95.4 cm³/mol. The molecule has 1 amide bonds. The van der Waals surface area contributed by atoms with Crippen LogP contribution in [-0.2, 0) is 4.79 Å². The van der Waals surface area contributed by atoms with E-state index in [2.05, 4.69) is 25.4 Å². The third-order valence-corrected chi connectivity index (χ3v) is 4.89. The molecule has 0 unspecified atom stereocenters. The molecule has 7 nitrogen and oxygen atoms in total. The van der Waals surface area contributed by atoms with Crippen molar-refractivity contribution in [2.45, 2.75) is 12.8 Å². The molecule has 1 aliphatic heterocycles. The number of carbonyl (C=O) groups excluding carboxylic acids is 1. The van der Waals surface area contributed by atoms with Crippen molar-refractivity contribution < 1.29 is 9.21 Å². The molecular formula is C17H17N5O2S. The summed E-state index contributed by atoms with van der Waals surface area (Å²) < 4.78 is 5.33. The van der Waals surface area contributed by atoms with Crippen LogP contribution in [0.15, 0.2) is 46.5 Å². The van der Waals surface area contributed by atoms with Crippen LogP contribution >= 0.6 is 11.3 Å². The molecule has 0 bridgehead atoms. The SMILES string of the molecule is O=C(Nc1nccs1)[C@H]1CCCN(c2ccc(-c3ccco3)nn2)C1. The van der Waals surface area contributed by atoms with E-state index in [4.69, 9.17) is 4.42 Å². The second-order valence-corrected chi connectivity index (χ2v) is 6.76. The number of nitrogens with one attached hydrogen (secondary N) is 1. The van der Waals surface area contributed by atoms with E-state index in [1.165, 1.54) is 11.3 Å². The first-order valence-electron chi connectivity index (χ1n) is 8.12. The second-order valence-electron chi connectivity index (χ2n) is 5.87. The van der Waals surface area contributed by atoms with Crippen molar-refractivity contribution in [3.8, 4) is 11.5 Å². The van der Waals surface area contributed by atoms with Gasteiger partial charge < -0.3 is 14.6 Å². The second kappa shape index (κ2) is 7.02. The van der Waals surface area contributed by atoms with Crippen LogP contribution in [0, 0.1) is 5.92 Å². The Labute approximate surface area is 148 Å². The number of hydrogen-bond donors (Lipinski definition) is 1. The molecule has 4 heterocycles. The molecule has 0 radical (unpaired) electrons. The van der Waals surface area contributed by atoms with Gasteiger partial charge in [-0.1, -0.05) is 0 Å². The fraction of sp³-hybridized carbons (Fsp3) is 0.294. The highest BCUT2D eigenvalue weighted by molar-refractivity contribution is 7.13. The molecule has 4 rings (SSSR count). The zero-order chi connectivity index (χ0) is 17.1. The molecular weight excluding hydrogens is 338 g/mol. The lowest BCUT2D eigenvalue weighted by molar-refractivity contribution is -0.120. The van der Waals surface area contributed by atoms with Gasteiger partial charge in [0.15, 0.2) is 16.7 Å². The number of nitrogens with zero attached hydrogens (tertiary/aromatic N) is 4. The lowest BCUT2D eigenvalue weighted by atomic mass is 9.97. The largest absolute Gasteiger partial charge is 0.463 e. The summed E-state index contributed by atoms with van der Waals surface area (Å²) in [6.45, 7) is 1.50. The van der Waals surface area contributed by atoms with E-state index in [1.54, 1.807) is 12.5 Å². The Hall–Kier alpha value is -2.74. The molecule has 0 aliphatic carbocycles. The minimum atomic E-state index is -0.0794. The summed E-state index contributed by atoms with van der Waals surface area (Å²) in [5.41, 5.74) is 0.698. The summed E-state index contributed by atoms with van der Waals surface area (Å²) in [6.07, 6.45) is 5.11. The van der Waals surface area contributed by atoms with E-state index in [0.717, 1.165) is 25.2 Å². The van der Waals surface area contributed by atoms with Gasteiger partial charge in [0.2, 0.25) is 5.91 Å². The monoisotopic (exact) mass is 355 g/mol. The molecule has 1 fully saturated rings. The van der Waals surface area contributed by atoms with Gasteiger partial charge in [0.1, 0.15) is 5.69 Å². The molecule has 0 aromatic carbocycles. The Morgan fingerprint density at radius 2 is 2.28 bits per heavy atom. The van der Waals surface area contributed by atoms with Gasteiger partial charge in [-0.3, -0.25) is 4.79 Å². The van der Waals surface area contributed by atoms with E-state index in [9.17, 15) is 4.79 Å². The number of rotatable bonds is 4. The number of hydrogen-bond acceptors (Lipinski definition) is 7. The smallest absolute Gasteiger partial charge is 0.231 e. The maximum atomic E-state index is 12.4. The molecule has 1 N–H and O–H groups in total. The van der Waals surface area contributed by atoms with Gasteiger partial charge in [0, 0.05) is 24.7 Å². The molecule has 0 saturated carbocycles. The van der Waals surface area contributed by atoms with Gasteiger partial charge >= 0.3 is 0 Å². The van der Waals surface area contributed by atoms with Crippen LogP contribution in [0.5, 0.6) is 0 Å². The average Bonchev–Trinajstić information content (AvgIpc) is 3.36. The highest BCUT2D eigenvalue weighted by Crippen LogP contribution is 2.24. The van der Waals surface area contributed by atoms with Crippen molar-refractivity contribution in [2.24, 2.45) is 5.92 Å². The minimum Gasteiger partial charge on any atom is -0.463 e. The molecule has 0 spiro atoms. The van der Waals surface area contributed by atoms with Crippen LogP contribution in [0.3, 0.4) is 0 Å². The van der Waals surface area contributed by atoms with Crippen molar-refractivity contribution in [3.63, 3.8) is 0 Å². The van der Waals surface area contributed by atoms with E-state index in [1.807, 2.05) is 29.6 Å². The number of anilines is 2. The standard InChI is InChI=1S/C17H17N5O2S/c23-16(19-17-18-7-10-25-17)12-3-1-8-22(11-12)15-6-5-13(20-21-15)14-4-2-9-24-14/h2,4-7,9-10,12H,1,3,8,11H2,(H,18,19,23)/t12-/m0/s1. The summed E-state index contributed by atoms with van der Waals surface area (Å²) >= 11 is 1.42. The normalized spacial score (nSPS) is 17.4. The van der Waals surface area contributed by atoms with Gasteiger partial charge in [-0.25, -0.2) is 4.98 Å². The first-order valence-corrected chi connectivity index (χ1v) is 9.00. The molecule has 128 valence electrons. The van der Waals surface area contributed by atoms with E-state index >= 15 is 0 Å². The van der Waals surface area contributed by atoms with Crippen LogP contribution in [0.1, 0.15) is 12.8 Å². The topological polar surface area (TPSA) is 84.2 Å². The highest BCUT2D eigenvalue weighted by Gasteiger charge is 2.27. The summed E-state index contributed by atoms with van der Waals surface area (Å²) in [4.78, 5) is 18.6. The Kier molecular flexibility index (Phi) is 4.43. The lowest BCUT2D eigenvalue weighted by Gasteiger charge is -2.32. The fourth-order valence-electron chi connectivity index (χ4n) is 2.94. The molecule has 25 heavy (non-hydrogen) atoms. The first kappa shape index (κ1) is 15.8. The first-order chi connectivity index (χ1) is 12.3. The van der Waals surface area contributed by atoms with Gasteiger partial charge in [-0.2, -0.15) is 0 Å². The van der Waals surface area contributed by atoms with Crippen LogP contribution < -0.4 is 10.2 Å². The summed E-state index contributed by atoms with van der Waals surface area (Å²) in [6, 6.07) is 7.48. The van der Waals surface area contributed by atoms with Crippen molar-refractivity contribution in [3.05, 3.63) is 42.1 Å². The summed E-state index contributed by atoms with van der Waals surface area (Å²) in [5, 5.41) is 13.9. The van der Waals surface area contributed by atoms with E-state index < -0.39 is 0 Å². The number of thiazole rings is 1. The number of furan rings is 1. The zero-order valence-corrected chi connectivity index (χ0v) is 14.3. The quantitative estimate of drug-likeness (QED) is 0.774. The third-order valence-electron chi connectivity index (χ3n) is 4.20. The van der Waals surface area contributed by atoms with Crippen LogP contribution in [0.4, 0.5) is 10.9 Å². The van der Waals surface area contributed by atoms with Gasteiger partial charge in [-0.05, 0) is 37.1 Å². The summed E-state index contributed by atoms with van der Waals surface area (Å²) in [5.74, 6) is 1.41. The van der Waals surface area contributed by atoms with Crippen molar-refractivity contribution in [1.29, 1.82) is 0 Å². The molecule has 3 aromatic heterocycles. The minimum absolute atomic E-state index is 0.0137. The van der Waals surface area contributed by atoms with Crippen molar-refractivity contribution in [1.82, 2.24) is 15.2 Å². The zero-order valence-electron chi connectivity index (χ0n) is 13.5. The van der Waals surface area contributed by atoms with E-state index in [-0.39, 0.29) is 11.8 Å². The van der Waals surface area contributed by atoms with Crippen LogP contribution in [0.2, 0.25) is 0 Å². The number of piperidine rings is 1. The fourth-order valence-corrected chi connectivity index (χ4v) is 3.47. The maximum absolute atomic E-state index is 12.4. The van der Waals surface area contributed by atoms with Gasteiger partial charge in [0.05, 0.1) is 12.2 Å². The van der Waals surface area contributed by atoms with Crippen LogP contribution in [-0.4, -0.2) is 34.2 Å². The number of aromatic nitrogens is 3. The van der Waals surface area contributed by atoms with Gasteiger partial charge in [-0.15, -0.1) is 21.5 Å². The van der Waals surface area contributed by atoms with Crippen molar-refractivity contribution >= 4 is 28.2 Å². The third kappa shape index (κ3) is 3.53. The average molecular weight is 355 g/mol. The van der Waals surface area contributed by atoms with Crippen molar-refractivity contribution in [2.75, 3.05) is 23.3 Å². The molecule has 3 aromatic rings. The maximum Gasteiger partial charge on any atom is 0.231 e. The Morgan fingerprint density at radius 1 is 1.32 bits per heavy atom. The Bertz CT molecular complexity index is 817. The van der Waals surface area contributed by atoms with Crippen LogP contribution in [0.25, 0.3) is 11.5 Å². The highest BCUT2D eigenvalue weighted by atomic mass is 32.1.